The number of ether oxygens (including phenoxy) is 2. The summed E-state index contributed by atoms with van der Waals surface area (Å²) in [6.07, 6.45) is 0. The fourth-order valence-electron chi connectivity index (χ4n) is 1.26. The number of hydrogen-bond donors (Lipinski definition) is 0. The summed E-state index contributed by atoms with van der Waals surface area (Å²) in [6.45, 7) is 1.43. The molecule has 0 spiro atoms. The Hall–Kier alpha value is -2.02. The first-order chi connectivity index (χ1) is 7.13. The first-order valence-electron chi connectivity index (χ1n) is 4.31. The Morgan fingerprint density at radius 2 is 1.87 bits per heavy atom. The molecule has 0 saturated heterocycles. The first kappa shape index (κ1) is 11.1. The molecule has 0 aliphatic heterocycles. The molecule has 0 amide bonds. The average Bonchev–Trinajstić information content (AvgIpc) is 2.26. The van der Waals surface area contributed by atoms with Gasteiger partial charge in [-0.2, -0.15) is 5.26 Å². The molecule has 4 nitrogen and oxygen atoms in total. The molecular formula is C11H11NO3. The van der Waals surface area contributed by atoms with Gasteiger partial charge in [-0.25, -0.2) is 0 Å². The molecule has 4 heteroatoms. The Balaban J connectivity index is 3.42. The molecule has 1 aromatic rings. The zero-order valence-electron chi connectivity index (χ0n) is 8.83. The molecule has 0 unspecified atom stereocenters. The lowest BCUT2D eigenvalue weighted by atomic mass is 10.1. The van der Waals surface area contributed by atoms with E-state index in [1.165, 1.54) is 33.3 Å². The highest BCUT2D eigenvalue weighted by Gasteiger charge is 2.13. The van der Waals surface area contributed by atoms with Crippen LogP contribution in [-0.2, 0) is 0 Å². The summed E-state index contributed by atoms with van der Waals surface area (Å²) in [5.74, 6) is 0.637. The SMILES string of the molecule is COc1cc(C(C)=O)c(OC)cc1C#N. The van der Waals surface area contributed by atoms with Gasteiger partial charge in [0.25, 0.3) is 0 Å². The van der Waals surface area contributed by atoms with E-state index in [-0.39, 0.29) is 5.78 Å². The fraction of sp³-hybridized carbons (Fsp3) is 0.273. The highest BCUT2D eigenvalue weighted by Crippen LogP contribution is 2.28. The van der Waals surface area contributed by atoms with Gasteiger partial charge >= 0.3 is 0 Å². The molecule has 0 aromatic heterocycles. The monoisotopic (exact) mass is 205 g/mol. The van der Waals surface area contributed by atoms with E-state index in [0.717, 1.165) is 0 Å². The maximum Gasteiger partial charge on any atom is 0.163 e. The van der Waals surface area contributed by atoms with Crippen LogP contribution in [0.2, 0.25) is 0 Å². The van der Waals surface area contributed by atoms with Gasteiger partial charge in [-0.15, -0.1) is 0 Å². The average molecular weight is 205 g/mol. The molecule has 0 N–H and O–H groups in total. The maximum atomic E-state index is 11.3. The zero-order valence-corrected chi connectivity index (χ0v) is 8.83. The quantitative estimate of drug-likeness (QED) is 0.705. The molecular weight excluding hydrogens is 194 g/mol. The number of benzene rings is 1. The predicted molar refractivity (Wildman–Crippen MR) is 54.3 cm³/mol. The highest BCUT2D eigenvalue weighted by atomic mass is 16.5. The van der Waals surface area contributed by atoms with E-state index in [2.05, 4.69) is 0 Å². The molecule has 0 radical (unpaired) electrons. The van der Waals surface area contributed by atoms with Crippen LogP contribution in [0.4, 0.5) is 0 Å². The number of methoxy groups -OCH3 is 2. The second kappa shape index (κ2) is 4.47. The summed E-state index contributed by atoms with van der Waals surface area (Å²) < 4.78 is 10.0. The van der Waals surface area contributed by atoms with Gasteiger partial charge in [0.1, 0.15) is 17.6 Å². The van der Waals surface area contributed by atoms with Gasteiger partial charge in [-0.3, -0.25) is 4.79 Å². The van der Waals surface area contributed by atoms with Crippen LogP contribution in [0.1, 0.15) is 22.8 Å². The Kier molecular flexibility index (Phi) is 3.29. The second-order valence-corrected chi connectivity index (χ2v) is 2.92. The normalized spacial score (nSPS) is 9.20. The van der Waals surface area contributed by atoms with Crippen LogP contribution in [0, 0.1) is 11.3 Å². The van der Waals surface area contributed by atoms with E-state index >= 15 is 0 Å². The Morgan fingerprint density at radius 1 is 1.27 bits per heavy atom. The van der Waals surface area contributed by atoms with Gasteiger partial charge < -0.3 is 9.47 Å². The third kappa shape index (κ3) is 2.08. The van der Waals surface area contributed by atoms with E-state index in [9.17, 15) is 4.79 Å². The lowest BCUT2D eigenvalue weighted by Gasteiger charge is -2.09. The molecule has 78 valence electrons. The molecule has 0 aliphatic carbocycles. The van der Waals surface area contributed by atoms with Gasteiger partial charge in [0.15, 0.2) is 5.78 Å². The highest BCUT2D eigenvalue weighted by molar-refractivity contribution is 5.97. The summed E-state index contributed by atoms with van der Waals surface area (Å²) in [7, 11) is 2.90. The molecule has 0 bridgehead atoms. The number of rotatable bonds is 3. The Morgan fingerprint density at radius 3 is 2.27 bits per heavy atom. The molecule has 0 heterocycles. The van der Waals surface area contributed by atoms with E-state index < -0.39 is 0 Å². The third-order valence-electron chi connectivity index (χ3n) is 2.02. The number of carbonyl (C=O) groups excluding carboxylic acids is 1. The lowest BCUT2D eigenvalue weighted by molar-refractivity contribution is 0.101. The van der Waals surface area contributed by atoms with Gasteiger partial charge in [-0.1, -0.05) is 0 Å². The minimum absolute atomic E-state index is 0.130. The van der Waals surface area contributed by atoms with Crippen molar-refractivity contribution in [3.8, 4) is 17.6 Å². The van der Waals surface area contributed by atoms with Crippen LogP contribution >= 0.6 is 0 Å². The lowest BCUT2D eigenvalue weighted by Crippen LogP contribution is -2.00. The standard InChI is InChI=1S/C11H11NO3/c1-7(13)9-5-10(14-2)8(6-12)4-11(9)15-3/h4-5H,1-3H3. The van der Waals surface area contributed by atoms with Crippen molar-refractivity contribution in [2.75, 3.05) is 14.2 Å². The van der Waals surface area contributed by atoms with Crippen LogP contribution in [0.5, 0.6) is 11.5 Å². The summed E-state index contributed by atoms with van der Waals surface area (Å²) >= 11 is 0. The molecule has 0 saturated carbocycles. The summed E-state index contributed by atoms with van der Waals surface area (Å²) in [5.41, 5.74) is 0.757. The largest absolute Gasteiger partial charge is 0.496 e. The Bertz CT molecular complexity index is 432. The van der Waals surface area contributed by atoms with Crippen molar-refractivity contribution in [2.24, 2.45) is 0 Å². The topological polar surface area (TPSA) is 59.3 Å². The zero-order chi connectivity index (χ0) is 11.4. The van der Waals surface area contributed by atoms with Gasteiger partial charge in [0.05, 0.1) is 25.3 Å². The molecule has 15 heavy (non-hydrogen) atoms. The van der Waals surface area contributed by atoms with Crippen molar-refractivity contribution < 1.29 is 14.3 Å². The Labute approximate surface area is 88.0 Å². The minimum Gasteiger partial charge on any atom is -0.496 e. The van der Waals surface area contributed by atoms with Crippen LogP contribution < -0.4 is 9.47 Å². The summed E-state index contributed by atoms with van der Waals surface area (Å²) in [6, 6.07) is 4.98. The third-order valence-corrected chi connectivity index (χ3v) is 2.02. The van der Waals surface area contributed by atoms with Crippen molar-refractivity contribution in [1.29, 1.82) is 5.26 Å². The van der Waals surface area contributed by atoms with E-state index in [4.69, 9.17) is 14.7 Å². The minimum atomic E-state index is -0.130. The predicted octanol–water partition coefficient (Wildman–Crippen LogP) is 1.78. The van der Waals surface area contributed by atoms with Gasteiger partial charge in [0.2, 0.25) is 0 Å². The fourth-order valence-corrected chi connectivity index (χ4v) is 1.26. The van der Waals surface area contributed by atoms with E-state index in [1.54, 1.807) is 0 Å². The van der Waals surface area contributed by atoms with Crippen molar-refractivity contribution in [3.63, 3.8) is 0 Å². The van der Waals surface area contributed by atoms with Crippen molar-refractivity contribution in [1.82, 2.24) is 0 Å². The molecule has 0 atom stereocenters. The number of nitrogens with zero attached hydrogens (tertiary/aromatic N) is 1. The van der Waals surface area contributed by atoms with Crippen molar-refractivity contribution in [3.05, 3.63) is 23.3 Å². The van der Waals surface area contributed by atoms with E-state index in [0.29, 0.717) is 22.6 Å². The van der Waals surface area contributed by atoms with Crippen LogP contribution in [0.15, 0.2) is 12.1 Å². The summed E-state index contributed by atoms with van der Waals surface area (Å²) in [5, 5.41) is 8.83. The van der Waals surface area contributed by atoms with E-state index in [1.807, 2.05) is 6.07 Å². The number of carbonyl (C=O) groups is 1. The van der Waals surface area contributed by atoms with Crippen molar-refractivity contribution in [2.45, 2.75) is 6.92 Å². The first-order valence-corrected chi connectivity index (χ1v) is 4.31. The van der Waals surface area contributed by atoms with Crippen LogP contribution in [0.3, 0.4) is 0 Å². The molecule has 1 aromatic carbocycles. The molecule has 0 aliphatic rings. The second-order valence-electron chi connectivity index (χ2n) is 2.92. The smallest absolute Gasteiger partial charge is 0.163 e. The number of nitriles is 1. The summed E-state index contributed by atoms with van der Waals surface area (Å²) in [4.78, 5) is 11.3. The maximum absolute atomic E-state index is 11.3. The van der Waals surface area contributed by atoms with Crippen LogP contribution in [0.25, 0.3) is 0 Å². The number of hydrogen-bond acceptors (Lipinski definition) is 4. The van der Waals surface area contributed by atoms with Gasteiger partial charge in [0, 0.05) is 6.07 Å². The number of ketones is 1. The van der Waals surface area contributed by atoms with Crippen LogP contribution in [-0.4, -0.2) is 20.0 Å². The van der Waals surface area contributed by atoms with Crippen molar-refractivity contribution >= 4 is 5.78 Å². The number of Topliss-reactive ketones (excluding diaryl/α,β-unsaturated/α-hetero) is 1. The molecule has 1 rings (SSSR count). The van der Waals surface area contributed by atoms with Gasteiger partial charge in [-0.05, 0) is 13.0 Å². The molecule has 0 fully saturated rings.